The van der Waals surface area contributed by atoms with Crippen LogP contribution in [-0.4, -0.2) is 20.5 Å². The fourth-order valence-electron chi connectivity index (χ4n) is 3.02. The van der Waals surface area contributed by atoms with E-state index in [9.17, 15) is 9.90 Å². The van der Waals surface area contributed by atoms with Crippen LogP contribution >= 0.6 is 0 Å². The van der Waals surface area contributed by atoms with Gasteiger partial charge in [0.25, 0.3) is 0 Å². The first kappa shape index (κ1) is 18.9. The number of aliphatic carboxylic acids is 1. The summed E-state index contributed by atoms with van der Waals surface area (Å²) in [5.41, 5.74) is 6.43. The summed E-state index contributed by atoms with van der Waals surface area (Å²) in [6.07, 6.45) is 1.68. The molecule has 5 nitrogen and oxygen atoms in total. The molecule has 0 aliphatic carbocycles. The molecule has 2 aromatic carbocycles. The van der Waals surface area contributed by atoms with E-state index in [-0.39, 0.29) is 25.3 Å². The molecule has 0 spiro atoms. The Labute approximate surface area is 168 Å². The number of benzene rings is 2. The minimum absolute atomic E-state index is 0. The zero-order valence-corrected chi connectivity index (χ0v) is 15.2. The van der Waals surface area contributed by atoms with Gasteiger partial charge in [0.1, 0.15) is 6.33 Å². The third-order valence-corrected chi connectivity index (χ3v) is 4.29. The van der Waals surface area contributed by atoms with Crippen molar-refractivity contribution in [1.29, 1.82) is 0 Å². The molecule has 2 aromatic heterocycles. The molecule has 0 aliphatic rings. The number of fused-ring (bicyclic) bond motifs is 1. The molecule has 0 aliphatic heterocycles. The van der Waals surface area contributed by atoms with Gasteiger partial charge in [-0.3, -0.25) is 9.55 Å². The van der Waals surface area contributed by atoms with Crippen LogP contribution in [0.25, 0.3) is 28.0 Å². The van der Waals surface area contributed by atoms with Crippen molar-refractivity contribution in [2.24, 2.45) is 0 Å². The van der Waals surface area contributed by atoms with Crippen LogP contribution in [0.2, 0.25) is 0 Å². The average molecular weight is 349 g/mol. The quantitative estimate of drug-likeness (QED) is 0.474. The number of nitrogens with zero attached hydrogens (tertiary/aromatic N) is 3. The van der Waals surface area contributed by atoms with E-state index in [4.69, 9.17) is 0 Å². The molecule has 0 saturated carbocycles. The fourth-order valence-corrected chi connectivity index (χ4v) is 3.02. The van der Waals surface area contributed by atoms with Crippen LogP contribution in [0.1, 0.15) is 11.3 Å². The van der Waals surface area contributed by atoms with Crippen molar-refractivity contribution in [3.05, 3.63) is 78.2 Å². The number of imidazole rings is 1. The molecule has 0 N–H and O–H groups in total. The summed E-state index contributed by atoms with van der Waals surface area (Å²) >= 11 is 0. The summed E-state index contributed by atoms with van der Waals surface area (Å²) in [4.78, 5) is 19.8. The van der Waals surface area contributed by atoms with Crippen molar-refractivity contribution in [2.45, 2.75) is 13.3 Å². The van der Waals surface area contributed by atoms with Gasteiger partial charge in [0.15, 0.2) is 0 Å². The molecule has 0 amide bonds. The van der Waals surface area contributed by atoms with Gasteiger partial charge in [0, 0.05) is 29.3 Å². The molecule has 0 radical (unpaired) electrons. The number of carbonyl (C=O) groups is 1. The fraction of sp³-hybridized carbons (Fsp3) is 0.0952. The topological polar surface area (TPSA) is 70.8 Å². The van der Waals surface area contributed by atoms with Gasteiger partial charge in [-0.1, -0.05) is 24.3 Å². The first-order valence-corrected chi connectivity index (χ1v) is 8.30. The summed E-state index contributed by atoms with van der Waals surface area (Å²) in [7, 11) is 0. The Kier molecular flexibility index (Phi) is 5.45. The number of rotatable bonds is 4. The SMILES string of the molecule is Cc1cccc(-c2ccc3c(c2)ncn3-c2ccc(CC(=O)[O-])cc2)n1.[Li+]. The van der Waals surface area contributed by atoms with Crippen LogP contribution in [0.4, 0.5) is 0 Å². The van der Waals surface area contributed by atoms with Gasteiger partial charge < -0.3 is 9.90 Å². The Balaban J connectivity index is 0.00000210. The Morgan fingerprint density at radius 1 is 1.07 bits per heavy atom. The molecule has 0 saturated heterocycles. The normalized spacial score (nSPS) is 10.6. The number of carbonyl (C=O) groups excluding carboxylic acids is 1. The van der Waals surface area contributed by atoms with Gasteiger partial charge >= 0.3 is 18.9 Å². The molecule has 0 atom stereocenters. The number of aryl methyl sites for hydroxylation is 1. The standard InChI is InChI=1S/C21H17N3O2.Li/c1-14-3-2-4-18(23-14)16-7-10-20-19(12-16)22-13-24(20)17-8-5-15(6-9-17)11-21(25)26;/h2-10,12-13H,11H2,1H3,(H,25,26);/q;+1/p-1. The third-order valence-electron chi connectivity index (χ3n) is 4.29. The smallest absolute Gasteiger partial charge is 0.550 e. The predicted octanol–water partition coefficient (Wildman–Crippen LogP) is -0.308. The number of pyridine rings is 1. The second kappa shape index (κ2) is 7.79. The Morgan fingerprint density at radius 2 is 1.85 bits per heavy atom. The van der Waals surface area contributed by atoms with Crippen LogP contribution < -0.4 is 24.0 Å². The van der Waals surface area contributed by atoms with E-state index in [0.717, 1.165) is 33.7 Å². The van der Waals surface area contributed by atoms with Crippen LogP contribution in [0.5, 0.6) is 0 Å². The molecule has 2 heterocycles. The van der Waals surface area contributed by atoms with Gasteiger partial charge in [0.2, 0.25) is 0 Å². The monoisotopic (exact) mass is 349 g/mol. The minimum atomic E-state index is -1.08. The van der Waals surface area contributed by atoms with Crippen LogP contribution in [0.3, 0.4) is 0 Å². The maximum absolute atomic E-state index is 10.7. The first-order valence-electron chi connectivity index (χ1n) is 8.30. The van der Waals surface area contributed by atoms with E-state index in [1.54, 1.807) is 18.5 Å². The molecule has 0 bridgehead atoms. The second-order valence-electron chi connectivity index (χ2n) is 6.20. The van der Waals surface area contributed by atoms with Gasteiger partial charge in [-0.25, -0.2) is 4.98 Å². The summed E-state index contributed by atoms with van der Waals surface area (Å²) in [5.74, 6) is -1.08. The molecular weight excluding hydrogens is 333 g/mol. The zero-order valence-electron chi connectivity index (χ0n) is 15.2. The van der Waals surface area contributed by atoms with E-state index in [2.05, 4.69) is 9.97 Å². The van der Waals surface area contributed by atoms with Crippen molar-refractivity contribution in [3.8, 4) is 16.9 Å². The van der Waals surface area contributed by atoms with Crippen LogP contribution in [-0.2, 0) is 11.2 Å². The van der Waals surface area contributed by atoms with Crippen molar-refractivity contribution in [2.75, 3.05) is 0 Å². The molecule has 4 aromatic rings. The molecule has 6 heteroatoms. The Morgan fingerprint density at radius 3 is 2.56 bits per heavy atom. The van der Waals surface area contributed by atoms with Crippen molar-refractivity contribution < 1.29 is 28.8 Å². The first-order chi connectivity index (χ1) is 12.6. The van der Waals surface area contributed by atoms with Gasteiger partial charge in [-0.15, -0.1) is 0 Å². The molecule has 128 valence electrons. The van der Waals surface area contributed by atoms with E-state index < -0.39 is 5.97 Å². The number of hydrogen-bond donors (Lipinski definition) is 0. The summed E-state index contributed by atoms with van der Waals surface area (Å²) in [6, 6.07) is 19.4. The van der Waals surface area contributed by atoms with Crippen LogP contribution in [0.15, 0.2) is 67.0 Å². The van der Waals surface area contributed by atoms with E-state index in [0.29, 0.717) is 5.56 Å². The van der Waals surface area contributed by atoms with Crippen molar-refractivity contribution >= 4 is 17.0 Å². The molecular formula is C21H16LiN3O2. The average Bonchev–Trinajstić information content (AvgIpc) is 3.05. The Bertz CT molecular complexity index is 1100. The predicted molar refractivity (Wildman–Crippen MR) is 97.7 cm³/mol. The molecule has 0 unspecified atom stereocenters. The molecule has 27 heavy (non-hydrogen) atoms. The molecule has 0 fully saturated rings. The number of carboxylic acid groups (broad SMARTS) is 1. The summed E-state index contributed by atoms with van der Waals surface area (Å²) in [6.45, 7) is 1.97. The van der Waals surface area contributed by atoms with Gasteiger partial charge in [-0.2, -0.15) is 0 Å². The zero-order chi connectivity index (χ0) is 18.1. The summed E-state index contributed by atoms with van der Waals surface area (Å²) < 4.78 is 1.98. The van der Waals surface area contributed by atoms with Gasteiger partial charge in [0.05, 0.1) is 16.7 Å². The van der Waals surface area contributed by atoms with Crippen molar-refractivity contribution in [3.63, 3.8) is 0 Å². The van der Waals surface area contributed by atoms with Crippen LogP contribution in [0, 0.1) is 6.92 Å². The largest absolute Gasteiger partial charge is 1.00 e. The third kappa shape index (κ3) is 3.95. The maximum atomic E-state index is 10.7. The van der Waals surface area contributed by atoms with Gasteiger partial charge in [-0.05, 0) is 48.9 Å². The number of aromatic nitrogens is 3. The number of carboxylic acids is 1. The second-order valence-corrected chi connectivity index (χ2v) is 6.20. The van der Waals surface area contributed by atoms with Crippen molar-refractivity contribution in [1.82, 2.24) is 14.5 Å². The Hall–Kier alpha value is -2.87. The minimum Gasteiger partial charge on any atom is -0.550 e. The maximum Gasteiger partial charge on any atom is 1.00 e. The van der Waals surface area contributed by atoms with E-state index in [1.165, 1.54) is 0 Å². The van der Waals surface area contributed by atoms with E-state index in [1.807, 2.05) is 60.0 Å². The van der Waals surface area contributed by atoms with E-state index >= 15 is 0 Å². The summed E-state index contributed by atoms with van der Waals surface area (Å²) in [5, 5.41) is 10.7. The number of hydrogen-bond acceptors (Lipinski definition) is 4. The molecule has 4 rings (SSSR count).